The Morgan fingerprint density at radius 3 is 2.53 bits per heavy atom. The van der Waals surface area contributed by atoms with Crippen LogP contribution in [0.3, 0.4) is 0 Å². The normalized spacial score (nSPS) is 11.2. The number of ether oxygens (including phenoxy) is 2. The number of carbonyl (C=O) groups is 1. The minimum atomic E-state index is -3.94. The van der Waals surface area contributed by atoms with Gasteiger partial charge in [0, 0.05) is 6.54 Å². The maximum atomic E-state index is 12.7. The molecule has 0 radical (unpaired) electrons. The van der Waals surface area contributed by atoms with Crippen LogP contribution in [-0.4, -0.2) is 34.6 Å². The van der Waals surface area contributed by atoms with Crippen molar-refractivity contribution in [1.82, 2.24) is 4.72 Å². The number of carbonyl (C=O) groups excluding carboxylic acids is 1. The lowest BCUT2D eigenvalue weighted by Gasteiger charge is -2.16. The number of methoxy groups -OCH3 is 1. The summed E-state index contributed by atoms with van der Waals surface area (Å²) >= 11 is 0. The Morgan fingerprint density at radius 1 is 1.20 bits per heavy atom. The van der Waals surface area contributed by atoms with Gasteiger partial charge in [-0.25, -0.2) is 13.1 Å². The number of carboxylic acids is 1. The number of nitrogens with one attached hydrogen (secondary N) is 1. The second-order valence-corrected chi connectivity index (χ2v) is 8.54. The van der Waals surface area contributed by atoms with Crippen molar-refractivity contribution in [2.24, 2.45) is 0 Å². The van der Waals surface area contributed by atoms with Crippen molar-refractivity contribution in [2.75, 3.05) is 20.3 Å². The highest BCUT2D eigenvalue weighted by Gasteiger charge is 2.20. The van der Waals surface area contributed by atoms with Crippen LogP contribution >= 0.6 is 0 Å². The number of carboxylic acid groups (broad SMARTS) is 1. The molecule has 160 valence electrons. The summed E-state index contributed by atoms with van der Waals surface area (Å²) < 4.78 is 38.3. The Kier molecular flexibility index (Phi) is 7.80. The average molecular weight is 431 g/mol. The van der Waals surface area contributed by atoms with Gasteiger partial charge in [-0.3, -0.25) is 0 Å². The van der Waals surface area contributed by atoms with Gasteiger partial charge in [0.2, 0.25) is 10.0 Å². The molecule has 0 aromatic heterocycles. The third kappa shape index (κ3) is 5.95. The predicted octanol–water partition coefficient (Wildman–Crippen LogP) is 1.34. The minimum absolute atomic E-state index is 0.0327. The second-order valence-electron chi connectivity index (χ2n) is 6.81. The molecule has 2 rings (SSSR count). The van der Waals surface area contributed by atoms with Crippen molar-refractivity contribution in [1.29, 1.82) is 5.26 Å². The molecule has 0 aliphatic rings. The third-order valence-corrected chi connectivity index (χ3v) is 5.85. The van der Waals surface area contributed by atoms with Crippen LogP contribution in [0.15, 0.2) is 41.3 Å². The molecule has 30 heavy (non-hydrogen) atoms. The Labute approximate surface area is 176 Å². The maximum absolute atomic E-state index is 12.7. The molecule has 0 saturated heterocycles. The molecule has 9 heteroatoms. The first kappa shape index (κ1) is 23.2. The van der Waals surface area contributed by atoms with Gasteiger partial charge in [-0.15, -0.1) is 0 Å². The molecule has 0 aliphatic carbocycles. The summed E-state index contributed by atoms with van der Waals surface area (Å²) in [4.78, 5) is 10.6. The van der Waals surface area contributed by atoms with Crippen molar-refractivity contribution >= 4 is 16.0 Å². The highest BCUT2D eigenvalue weighted by molar-refractivity contribution is 7.89. The molecule has 0 spiro atoms. The summed E-state index contributed by atoms with van der Waals surface area (Å²) in [5, 5.41) is 19.8. The lowest BCUT2D eigenvalue weighted by atomic mass is 10.00. The summed E-state index contributed by atoms with van der Waals surface area (Å²) in [6.07, 6.45) is 0.264. The van der Waals surface area contributed by atoms with E-state index in [1.807, 2.05) is 26.0 Å². The molecule has 0 atom stereocenters. The predicted molar refractivity (Wildman–Crippen MR) is 108 cm³/mol. The van der Waals surface area contributed by atoms with Crippen LogP contribution in [0.2, 0.25) is 0 Å². The number of aliphatic carboxylic acids is 1. The minimum Gasteiger partial charge on any atom is -0.546 e. The Morgan fingerprint density at radius 2 is 1.93 bits per heavy atom. The number of nitrogens with zero attached hydrogens (tertiary/aromatic N) is 1. The topological polar surface area (TPSA) is 129 Å². The summed E-state index contributed by atoms with van der Waals surface area (Å²) in [7, 11) is -2.59. The molecule has 2 aromatic carbocycles. The Hall–Kier alpha value is -3.09. The van der Waals surface area contributed by atoms with E-state index in [2.05, 4.69) is 4.72 Å². The summed E-state index contributed by atoms with van der Waals surface area (Å²) in [5.74, 6) is -0.641. The highest BCUT2D eigenvalue weighted by atomic mass is 32.2. The third-order valence-electron chi connectivity index (χ3n) is 4.37. The van der Waals surface area contributed by atoms with Crippen LogP contribution in [0.25, 0.3) is 0 Å². The van der Waals surface area contributed by atoms with Crippen molar-refractivity contribution in [3.05, 3.63) is 53.1 Å². The van der Waals surface area contributed by atoms with Gasteiger partial charge in [0.1, 0.15) is 23.0 Å². The van der Waals surface area contributed by atoms with E-state index in [0.29, 0.717) is 11.3 Å². The zero-order valence-corrected chi connectivity index (χ0v) is 17.8. The van der Waals surface area contributed by atoms with Gasteiger partial charge >= 0.3 is 0 Å². The van der Waals surface area contributed by atoms with Gasteiger partial charge in [0.05, 0.1) is 24.7 Å². The fraction of sp³-hybridized carbons (Fsp3) is 0.333. The van der Waals surface area contributed by atoms with Crippen LogP contribution in [0.1, 0.15) is 36.5 Å². The van der Waals surface area contributed by atoms with E-state index in [1.165, 1.54) is 25.3 Å². The molecule has 1 N–H and O–H groups in total. The second kappa shape index (κ2) is 10.1. The molecular weight excluding hydrogens is 408 g/mol. The molecule has 0 aliphatic heterocycles. The molecule has 0 saturated carbocycles. The average Bonchev–Trinajstić information content (AvgIpc) is 2.71. The van der Waals surface area contributed by atoms with Crippen molar-refractivity contribution in [2.45, 2.75) is 31.1 Å². The Balaban J connectivity index is 2.19. The number of benzene rings is 2. The van der Waals surface area contributed by atoms with E-state index in [9.17, 15) is 18.3 Å². The van der Waals surface area contributed by atoms with E-state index in [4.69, 9.17) is 14.7 Å². The number of hydrogen-bond donors (Lipinski definition) is 1. The van der Waals surface area contributed by atoms with E-state index in [-0.39, 0.29) is 35.1 Å². The summed E-state index contributed by atoms with van der Waals surface area (Å²) in [6.45, 7) is 3.42. The van der Waals surface area contributed by atoms with Crippen LogP contribution in [-0.2, 0) is 21.2 Å². The van der Waals surface area contributed by atoms with Gasteiger partial charge in [0.15, 0.2) is 0 Å². The number of hydrogen-bond acceptors (Lipinski definition) is 7. The van der Waals surface area contributed by atoms with E-state index in [0.717, 1.165) is 5.56 Å². The monoisotopic (exact) mass is 431 g/mol. The standard InChI is InChI=1S/C21H24N2O6S/c1-14(2)17-6-5-16(19(11-17)29-13-21(24)25)8-9-23-30(26,27)20-10-15(12-22)4-7-18(20)28-3/h4-7,10-11,14,23H,8-9,13H2,1-3H3,(H,24,25)/p-1. The smallest absolute Gasteiger partial charge is 0.244 e. The van der Waals surface area contributed by atoms with Crippen molar-refractivity contribution in [3.8, 4) is 17.6 Å². The fourth-order valence-corrected chi connectivity index (χ4v) is 3.99. The van der Waals surface area contributed by atoms with Crippen molar-refractivity contribution < 1.29 is 27.8 Å². The van der Waals surface area contributed by atoms with Crippen LogP contribution < -0.4 is 19.3 Å². The number of sulfonamides is 1. The van der Waals surface area contributed by atoms with Crippen LogP contribution in [0, 0.1) is 11.3 Å². The quantitative estimate of drug-likeness (QED) is 0.601. The first-order valence-electron chi connectivity index (χ1n) is 9.21. The summed E-state index contributed by atoms with van der Waals surface area (Å²) in [5.41, 5.74) is 1.81. The lowest BCUT2D eigenvalue weighted by Crippen LogP contribution is -2.29. The van der Waals surface area contributed by atoms with Gasteiger partial charge in [-0.2, -0.15) is 5.26 Å². The van der Waals surface area contributed by atoms with Crippen molar-refractivity contribution in [3.63, 3.8) is 0 Å². The zero-order chi connectivity index (χ0) is 22.3. The van der Waals surface area contributed by atoms with E-state index < -0.39 is 22.6 Å². The van der Waals surface area contributed by atoms with Gasteiger partial charge < -0.3 is 19.4 Å². The largest absolute Gasteiger partial charge is 0.546 e. The van der Waals surface area contributed by atoms with E-state index in [1.54, 1.807) is 12.1 Å². The highest BCUT2D eigenvalue weighted by Crippen LogP contribution is 2.27. The summed E-state index contributed by atoms with van der Waals surface area (Å²) in [6, 6.07) is 11.4. The molecule has 0 amide bonds. The first-order valence-corrected chi connectivity index (χ1v) is 10.7. The number of rotatable bonds is 10. The fourth-order valence-electron chi connectivity index (χ4n) is 2.76. The lowest BCUT2D eigenvalue weighted by molar-refractivity contribution is -0.307. The van der Waals surface area contributed by atoms with Crippen LogP contribution in [0.4, 0.5) is 0 Å². The molecule has 2 aromatic rings. The van der Waals surface area contributed by atoms with Crippen LogP contribution in [0.5, 0.6) is 11.5 Å². The molecule has 0 unspecified atom stereocenters. The molecule has 0 bridgehead atoms. The van der Waals surface area contributed by atoms with Gasteiger partial charge in [0.25, 0.3) is 0 Å². The Bertz CT molecular complexity index is 1060. The van der Waals surface area contributed by atoms with Gasteiger partial charge in [-0.05, 0) is 47.7 Å². The molecule has 0 fully saturated rings. The molecule has 8 nitrogen and oxygen atoms in total. The van der Waals surface area contributed by atoms with E-state index >= 15 is 0 Å². The first-order chi connectivity index (χ1) is 14.2. The SMILES string of the molecule is COc1ccc(C#N)cc1S(=O)(=O)NCCc1ccc(C(C)C)cc1OCC(=O)[O-]. The van der Waals surface area contributed by atoms with Gasteiger partial charge in [-0.1, -0.05) is 26.0 Å². The zero-order valence-electron chi connectivity index (χ0n) is 17.0. The maximum Gasteiger partial charge on any atom is 0.244 e. The molecular formula is C21H23N2O6S-. The molecule has 0 heterocycles. The number of nitriles is 1.